The van der Waals surface area contributed by atoms with Gasteiger partial charge in [-0.05, 0) is 60.6 Å². The summed E-state index contributed by atoms with van der Waals surface area (Å²) in [6.07, 6.45) is 4.70. The van der Waals surface area contributed by atoms with E-state index in [1.807, 2.05) is 0 Å². The van der Waals surface area contributed by atoms with Crippen molar-refractivity contribution in [2.24, 2.45) is 17.3 Å². The van der Waals surface area contributed by atoms with Crippen molar-refractivity contribution in [3.05, 3.63) is 35.4 Å². The number of fused-ring (bicyclic) bond motifs is 1. The monoisotopic (exact) mass is 279 g/mol. The van der Waals surface area contributed by atoms with Crippen LogP contribution in [0.2, 0.25) is 0 Å². The topological polar surface area (TPSA) is 12.0 Å². The Morgan fingerprint density at radius 1 is 1.20 bits per heavy atom. The fraction of sp³-hybridized carbons (Fsp3) is 0.647. The number of benzene rings is 1. The van der Waals surface area contributed by atoms with Gasteiger partial charge in [0.1, 0.15) is 0 Å². The minimum Gasteiger partial charge on any atom is -0.314 e. The second kappa shape index (κ2) is 5.10. The van der Waals surface area contributed by atoms with Crippen LogP contribution in [0.1, 0.15) is 38.7 Å². The average molecular weight is 279 g/mol. The third kappa shape index (κ3) is 2.88. The second-order valence-corrected chi connectivity index (χ2v) is 7.12. The number of nitrogens with one attached hydrogen (secondary N) is 1. The van der Waals surface area contributed by atoms with Gasteiger partial charge < -0.3 is 5.32 Å². The van der Waals surface area contributed by atoms with Gasteiger partial charge in [-0.3, -0.25) is 0 Å². The van der Waals surface area contributed by atoms with Gasteiger partial charge in [0.15, 0.2) is 11.6 Å². The highest BCUT2D eigenvalue weighted by molar-refractivity contribution is 5.21. The van der Waals surface area contributed by atoms with Crippen LogP contribution in [0.4, 0.5) is 8.78 Å². The van der Waals surface area contributed by atoms with E-state index >= 15 is 0 Å². The van der Waals surface area contributed by atoms with E-state index in [-0.39, 0.29) is 5.41 Å². The van der Waals surface area contributed by atoms with Crippen LogP contribution in [-0.2, 0) is 6.42 Å². The SMILES string of the molecule is CC(C)NCC1(Cc2ccc(F)c(F)c2)CC2CC2C1. The Hall–Kier alpha value is -0.960. The van der Waals surface area contributed by atoms with Gasteiger partial charge in [0, 0.05) is 12.6 Å². The molecule has 0 spiro atoms. The second-order valence-electron chi connectivity index (χ2n) is 7.12. The summed E-state index contributed by atoms with van der Waals surface area (Å²) in [5.74, 6) is 0.290. The third-order valence-electron chi connectivity index (χ3n) is 4.91. The first kappa shape index (κ1) is 14.0. The van der Waals surface area contributed by atoms with E-state index in [4.69, 9.17) is 0 Å². The van der Waals surface area contributed by atoms with Crippen LogP contribution >= 0.6 is 0 Å². The number of hydrogen-bond donors (Lipinski definition) is 1. The van der Waals surface area contributed by atoms with Gasteiger partial charge in [-0.2, -0.15) is 0 Å². The first-order chi connectivity index (χ1) is 9.47. The lowest BCUT2D eigenvalue weighted by molar-refractivity contribution is 0.241. The Morgan fingerprint density at radius 3 is 2.50 bits per heavy atom. The molecule has 0 radical (unpaired) electrons. The average Bonchev–Trinajstić information content (AvgIpc) is 3.00. The summed E-state index contributed by atoms with van der Waals surface area (Å²) in [7, 11) is 0. The number of rotatable bonds is 5. The van der Waals surface area contributed by atoms with Crippen molar-refractivity contribution in [1.29, 1.82) is 0 Å². The third-order valence-corrected chi connectivity index (χ3v) is 4.91. The van der Waals surface area contributed by atoms with Crippen molar-refractivity contribution < 1.29 is 8.78 Å². The molecule has 20 heavy (non-hydrogen) atoms. The van der Waals surface area contributed by atoms with Crippen LogP contribution in [0.15, 0.2) is 18.2 Å². The molecule has 0 heterocycles. The highest BCUT2D eigenvalue weighted by Crippen LogP contribution is 2.60. The lowest BCUT2D eigenvalue weighted by Gasteiger charge is -2.32. The first-order valence-corrected chi connectivity index (χ1v) is 7.65. The standard InChI is InChI=1S/C17H23F2N/c1-11(2)20-10-17(8-13-6-14(13)9-17)7-12-3-4-15(18)16(19)5-12/h3-5,11,13-14,20H,6-10H2,1-2H3. The Labute approximate surface area is 119 Å². The molecule has 0 amide bonds. The summed E-state index contributed by atoms with van der Waals surface area (Å²) in [5.41, 5.74) is 1.16. The van der Waals surface area contributed by atoms with Gasteiger partial charge in [-0.15, -0.1) is 0 Å². The van der Waals surface area contributed by atoms with Crippen molar-refractivity contribution in [3.8, 4) is 0 Å². The zero-order chi connectivity index (χ0) is 14.3. The molecule has 3 rings (SSSR count). The lowest BCUT2D eigenvalue weighted by atomic mass is 9.77. The highest BCUT2D eigenvalue weighted by Gasteiger charge is 2.53. The van der Waals surface area contributed by atoms with E-state index in [1.165, 1.54) is 31.4 Å². The molecule has 2 atom stereocenters. The molecule has 2 aliphatic rings. The zero-order valence-electron chi connectivity index (χ0n) is 12.3. The van der Waals surface area contributed by atoms with Crippen LogP contribution in [-0.4, -0.2) is 12.6 Å². The lowest BCUT2D eigenvalue weighted by Crippen LogP contribution is -2.38. The molecule has 0 aliphatic heterocycles. The van der Waals surface area contributed by atoms with E-state index in [0.29, 0.717) is 6.04 Å². The van der Waals surface area contributed by atoms with E-state index in [0.717, 1.165) is 30.4 Å². The molecule has 3 heteroatoms. The predicted octanol–water partition coefficient (Wildman–Crippen LogP) is 3.92. The van der Waals surface area contributed by atoms with Crippen molar-refractivity contribution in [2.75, 3.05) is 6.54 Å². The Kier molecular flexibility index (Phi) is 3.57. The smallest absolute Gasteiger partial charge is 0.159 e. The number of halogens is 2. The van der Waals surface area contributed by atoms with Crippen molar-refractivity contribution >= 4 is 0 Å². The Balaban J connectivity index is 1.74. The molecule has 1 aromatic carbocycles. The van der Waals surface area contributed by atoms with E-state index in [2.05, 4.69) is 19.2 Å². The van der Waals surface area contributed by atoms with Crippen LogP contribution < -0.4 is 5.32 Å². The molecule has 0 saturated heterocycles. The molecule has 2 aliphatic carbocycles. The van der Waals surface area contributed by atoms with Crippen molar-refractivity contribution in [1.82, 2.24) is 5.32 Å². The summed E-state index contributed by atoms with van der Waals surface area (Å²) in [6.45, 7) is 5.29. The van der Waals surface area contributed by atoms with Crippen LogP contribution in [0.3, 0.4) is 0 Å². The highest BCUT2D eigenvalue weighted by atomic mass is 19.2. The predicted molar refractivity (Wildman–Crippen MR) is 76.5 cm³/mol. The summed E-state index contributed by atoms with van der Waals surface area (Å²) in [6, 6.07) is 4.83. The summed E-state index contributed by atoms with van der Waals surface area (Å²) in [4.78, 5) is 0. The minimum absolute atomic E-state index is 0.238. The van der Waals surface area contributed by atoms with Gasteiger partial charge in [-0.25, -0.2) is 8.78 Å². The largest absolute Gasteiger partial charge is 0.314 e. The fourth-order valence-corrected chi connectivity index (χ4v) is 3.86. The molecule has 0 bridgehead atoms. The zero-order valence-corrected chi connectivity index (χ0v) is 12.3. The molecule has 2 fully saturated rings. The molecular formula is C17H23F2N. The van der Waals surface area contributed by atoms with Crippen LogP contribution in [0, 0.1) is 28.9 Å². The minimum atomic E-state index is -0.752. The summed E-state index contributed by atoms with van der Waals surface area (Å²) < 4.78 is 26.4. The summed E-state index contributed by atoms with van der Waals surface area (Å²) >= 11 is 0. The van der Waals surface area contributed by atoms with Gasteiger partial charge in [-0.1, -0.05) is 19.9 Å². The summed E-state index contributed by atoms with van der Waals surface area (Å²) in [5, 5.41) is 3.55. The normalized spacial score (nSPS) is 31.6. The quantitative estimate of drug-likeness (QED) is 0.861. The molecule has 1 aromatic rings. The van der Waals surface area contributed by atoms with Crippen LogP contribution in [0.25, 0.3) is 0 Å². The van der Waals surface area contributed by atoms with Crippen molar-refractivity contribution in [2.45, 2.75) is 45.6 Å². The maximum atomic E-state index is 13.4. The molecular weight excluding hydrogens is 256 g/mol. The van der Waals surface area contributed by atoms with Crippen molar-refractivity contribution in [3.63, 3.8) is 0 Å². The van der Waals surface area contributed by atoms with E-state index < -0.39 is 11.6 Å². The first-order valence-electron chi connectivity index (χ1n) is 7.65. The van der Waals surface area contributed by atoms with Gasteiger partial charge in [0.2, 0.25) is 0 Å². The molecule has 1 N–H and O–H groups in total. The molecule has 0 aromatic heterocycles. The van der Waals surface area contributed by atoms with E-state index in [9.17, 15) is 8.78 Å². The maximum absolute atomic E-state index is 13.4. The Morgan fingerprint density at radius 2 is 1.90 bits per heavy atom. The molecule has 2 unspecified atom stereocenters. The fourth-order valence-electron chi connectivity index (χ4n) is 3.86. The van der Waals surface area contributed by atoms with Gasteiger partial charge in [0.25, 0.3) is 0 Å². The molecule has 110 valence electrons. The Bertz CT molecular complexity index is 488. The van der Waals surface area contributed by atoms with E-state index in [1.54, 1.807) is 6.07 Å². The van der Waals surface area contributed by atoms with Crippen LogP contribution in [0.5, 0.6) is 0 Å². The maximum Gasteiger partial charge on any atom is 0.159 e. The van der Waals surface area contributed by atoms with Gasteiger partial charge in [0.05, 0.1) is 0 Å². The van der Waals surface area contributed by atoms with Gasteiger partial charge >= 0.3 is 0 Å². The number of hydrogen-bond acceptors (Lipinski definition) is 1. The molecule has 1 nitrogen and oxygen atoms in total. The molecule has 2 saturated carbocycles.